The maximum atomic E-state index is 11.0. The average molecular weight is 180 g/mol. The van der Waals surface area contributed by atoms with E-state index in [1.165, 1.54) is 6.07 Å². The molecule has 13 heavy (non-hydrogen) atoms. The Hall–Kier alpha value is -1.09. The molecule has 3 heteroatoms. The van der Waals surface area contributed by atoms with E-state index in [2.05, 4.69) is 4.98 Å². The number of H-pyrrole nitrogens is 1. The molecule has 1 heterocycles. The summed E-state index contributed by atoms with van der Waals surface area (Å²) in [7, 11) is 0. The molecule has 3 nitrogen and oxygen atoms in total. The van der Waals surface area contributed by atoms with Gasteiger partial charge >= 0.3 is 0 Å². The molecule has 1 rings (SSSR count). The molecule has 1 aromatic heterocycles. The van der Waals surface area contributed by atoms with Gasteiger partial charge in [-0.3, -0.25) is 4.79 Å². The molecular formula is C10H16N2O. The molecule has 1 aromatic rings. The third kappa shape index (κ3) is 2.42. The molecule has 0 aliphatic carbocycles. The van der Waals surface area contributed by atoms with Crippen molar-refractivity contribution in [2.75, 3.05) is 0 Å². The fourth-order valence-corrected chi connectivity index (χ4v) is 1.11. The van der Waals surface area contributed by atoms with Crippen molar-refractivity contribution >= 4 is 0 Å². The van der Waals surface area contributed by atoms with Crippen molar-refractivity contribution < 1.29 is 0 Å². The minimum atomic E-state index is -0.138. The smallest absolute Gasteiger partial charge is 0.248 e. The summed E-state index contributed by atoms with van der Waals surface area (Å²) in [5.74, 6) is 0. The predicted octanol–water partition coefficient (Wildman–Crippen LogP) is 1.42. The molecule has 1 atom stereocenters. The monoisotopic (exact) mass is 180 g/mol. The first-order valence-corrected chi connectivity index (χ1v) is 4.36. The molecule has 0 aliphatic rings. The lowest BCUT2D eigenvalue weighted by Crippen LogP contribution is -2.28. The Morgan fingerprint density at radius 2 is 2.00 bits per heavy atom. The molecule has 0 aromatic carbocycles. The quantitative estimate of drug-likeness (QED) is 0.686. The van der Waals surface area contributed by atoms with E-state index in [-0.39, 0.29) is 17.0 Å². The van der Waals surface area contributed by atoms with Gasteiger partial charge in [-0.05, 0) is 11.5 Å². The van der Waals surface area contributed by atoms with Crippen LogP contribution in [0, 0.1) is 5.41 Å². The predicted molar refractivity (Wildman–Crippen MR) is 53.4 cm³/mol. The molecule has 0 fully saturated rings. The van der Waals surface area contributed by atoms with Crippen LogP contribution in [0.2, 0.25) is 0 Å². The zero-order valence-corrected chi connectivity index (χ0v) is 8.29. The maximum Gasteiger partial charge on any atom is 0.248 e. The third-order valence-corrected chi connectivity index (χ3v) is 2.06. The lowest BCUT2D eigenvalue weighted by molar-refractivity contribution is 0.321. The van der Waals surface area contributed by atoms with E-state index in [9.17, 15) is 4.79 Å². The van der Waals surface area contributed by atoms with Gasteiger partial charge in [0.25, 0.3) is 0 Å². The van der Waals surface area contributed by atoms with E-state index in [0.717, 1.165) is 5.69 Å². The highest BCUT2D eigenvalue weighted by molar-refractivity contribution is 5.10. The highest BCUT2D eigenvalue weighted by atomic mass is 16.1. The Bertz CT molecular complexity index is 335. The summed E-state index contributed by atoms with van der Waals surface area (Å²) >= 11 is 0. The van der Waals surface area contributed by atoms with Crippen molar-refractivity contribution in [1.82, 2.24) is 4.98 Å². The first-order valence-electron chi connectivity index (χ1n) is 4.36. The zero-order valence-electron chi connectivity index (χ0n) is 8.29. The van der Waals surface area contributed by atoms with Crippen molar-refractivity contribution in [1.29, 1.82) is 0 Å². The number of aromatic amines is 1. The number of nitrogens with one attached hydrogen (secondary N) is 1. The number of pyridine rings is 1. The second-order valence-electron chi connectivity index (χ2n) is 4.31. The van der Waals surface area contributed by atoms with Gasteiger partial charge in [0.1, 0.15) is 0 Å². The Morgan fingerprint density at radius 1 is 1.38 bits per heavy atom. The molecule has 0 bridgehead atoms. The minimum absolute atomic E-state index is 0.0374. The number of hydrogen-bond donors (Lipinski definition) is 2. The van der Waals surface area contributed by atoms with E-state index in [4.69, 9.17) is 5.73 Å². The third-order valence-electron chi connectivity index (χ3n) is 2.06. The standard InChI is InChI=1S/C10H16N2O/c1-10(2,3)9(11)7-5-4-6-8(13)12-7/h4-6,9H,11H2,1-3H3,(H,12,13)/t9-/m0/s1. The van der Waals surface area contributed by atoms with Crippen molar-refractivity contribution in [3.63, 3.8) is 0 Å². The van der Waals surface area contributed by atoms with Gasteiger partial charge in [-0.1, -0.05) is 26.8 Å². The number of nitrogens with two attached hydrogens (primary N) is 1. The fourth-order valence-electron chi connectivity index (χ4n) is 1.11. The second-order valence-corrected chi connectivity index (χ2v) is 4.31. The van der Waals surface area contributed by atoms with Crippen molar-refractivity contribution in [3.05, 3.63) is 34.2 Å². The molecule has 0 amide bonds. The highest BCUT2D eigenvalue weighted by Crippen LogP contribution is 2.28. The average Bonchev–Trinajstić information content (AvgIpc) is 2.01. The summed E-state index contributed by atoms with van der Waals surface area (Å²) in [6.45, 7) is 6.13. The van der Waals surface area contributed by atoms with E-state index in [1.54, 1.807) is 6.07 Å². The zero-order chi connectivity index (χ0) is 10.1. The van der Waals surface area contributed by atoms with E-state index in [0.29, 0.717) is 0 Å². The van der Waals surface area contributed by atoms with E-state index >= 15 is 0 Å². The Kier molecular flexibility index (Phi) is 2.57. The molecule has 72 valence electrons. The van der Waals surface area contributed by atoms with Gasteiger partial charge < -0.3 is 10.7 Å². The van der Waals surface area contributed by atoms with Gasteiger partial charge in [0.15, 0.2) is 0 Å². The highest BCUT2D eigenvalue weighted by Gasteiger charge is 2.22. The van der Waals surface area contributed by atoms with Crippen LogP contribution in [-0.4, -0.2) is 4.98 Å². The molecule has 0 aliphatic heterocycles. The molecule has 0 radical (unpaired) electrons. The van der Waals surface area contributed by atoms with Crippen molar-refractivity contribution in [2.24, 2.45) is 11.1 Å². The summed E-state index contributed by atoms with van der Waals surface area (Å²) in [6.07, 6.45) is 0. The largest absolute Gasteiger partial charge is 0.325 e. The van der Waals surface area contributed by atoms with Crippen LogP contribution in [0.1, 0.15) is 32.5 Å². The van der Waals surface area contributed by atoms with Gasteiger partial charge in [0.2, 0.25) is 5.56 Å². The lowest BCUT2D eigenvalue weighted by Gasteiger charge is -2.26. The second kappa shape index (κ2) is 3.34. The topological polar surface area (TPSA) is 58.9 Å². The van der Waals surface area contributed by atoms with Crippen LogP contribution < -0.4 is 11.3 Å². The SMILES string of the molecule is CC(C)(C)[C@@H](N)c1cccc(=O)[nH]1. The van der Waals surface area contributed by atoms with Gasteiger partial charge in [-0.15, -0.1) is 0 Å². The van der Waals surface area contributed by atoms with Crippen LogP contribution in [0.25, 0.3) is 0 Å². The molecular weight excluding hydrogens is 164 g/mol. The van der Waals surface area contributed by atoms with E-state index < -0.39 is 0 Å². The maximum absolute atomic E-state index is 11.0. The fraction of sp³-hybridized carbons (Fsp3) is 0.500. The normalized spacial score (nSPS) is 14.2. The summed E-state index contributed by atoms with van der Waals surface area (Å²) in [5, 5.41) is 0. The summed E-state index contributed by atoms with van der Waals surface area (Å²) in [5.41, 5.74) is 6.63. The molecule has 0 spiro atoms. The Balaban J connectivity index is 3.02. The van der Waals surface area contributed by atoms with Crippen molar-refractivity contribution in [2.45, 2.75) is 26.8 Å². The van der Waals surface area contributed by atoms with Crippen LogP contribution in [0.3, 0.4) is 0 Å². The van der Waals surface area contributed by atoms with Gasteiger partial charge in [-0.2, -0.15) is 0 Å². The summed E-state index contributed by atoms with van der Waals surface area (Å²) in [6, 6.07) is 4.91. The van der Waals surface area contributed by atoms with Crippen LogP contribution in [0.4, 0.5) is 0 Å². The first-order chi connectivity index (χ1) is 5.91. The van der Waals surface area contributed by atoms with Crippen LogP contribution in [0.5, 0.6) is 0 Å². The lowest BCUT2D eigenvalue weighted by atomic mass is 9.85. The van der Waals surface area contributed by atoms with Gasteiger partial charge in [-0.25, -0.2) is 0 Å². The Labute approximate surface area is 78.0 Å². The molecule has 3 N–H and O–H groups in total. The molecule has 0 unspecified atom stereocenters. The van der Waals surface area contributed by atoms with Gasteiger partial charge in [0, 0.05) is 17.8 Å². The number of hydrogen-bond acceptors (Lipinski definition) is 2. The van der Waals surface area contributed by atoms with Crippen molar-refractivity contribution in [3.8, 4) is 0 Å². The van der Waals surface area contributed by atoms with Gasteiger partial charge in [0.05, 0.1) is 0 Å². The summed E-state index contributed by atoms with van der Waals surface area (Å²) in [4.78, 5) is 13.7. The van der Waals surface area contributed by atoms with E-state index in [1.807, 2.05) is 26.8 Å². The minimum Gasteiger partial charge on any atom is -0.325 e. The van der Waals surface area contributed by atoms with Crippen LogP contribution >= 0.6 is 0 Å². The summed E-state index contributed by atoms with van der Waals surface area (Å²) < 4.78 is 0. The first kappa shape index (κ1) is 9.99. The Morgan fingerprint density at radius 3 is 2.46 bits per heavy atom. The van der Waals surface area contributed by atoms with Crippen LogP contribution in [-0.2, 0) is 0 Å². The van der Waals surface area contributed by atoms with Crippen LogP contribution in [0.15, 0.2) is 23.0 Å². The number of aromatic nitrogens is 1. The number of rotatable bonds is 1. The molecule has 0 saturated heterocycles. The molecule has 0 saturated carbocycles.